The average Bonchev–Trinajstić information content (AvgIpc) is 2.59. The van der Waals surface area contributed by atoms with E-state index in [1.54, 1.807) is 0 Å². The van der Waals surface area contributed by atoms with Crippen LogP contribution in [0.4, 0.5) is 0 Å². The van der Waals surface area contributed by atoms with Gasteiger partial charge in [-0.05, 0) is 12.6 Å². The van der Waals surface area contributed by atoms with Gasteiger partial charge in [0.25, 0.3) is 0 Å². The normalized spacial score (nSPS) is 32.6. The van der Waals surface area contributed by atoms with Gasteiger partial charge < -0.3 is 10.1 Å². The van der Waals surface area contributed by atoms with E-state index < -0.39 is 0 Å². The number of hydrogen-bond acceptors (Lipinski definition) is 3. The number of benzene rings is 1. The van der Waals surface area contributed by atoms with Gasteiger partial charge in [-0.3, -0.25) is 0 Å². The molecule has 1 aromatic rings. The maximum Gasteiger partial charge on any atom is 0.339 e. The molecule has 1 fully saturated rings. The molecule has 0 amide bonds. The van der Waals surface area contributed by atoms with Crippen molar-refractivity contribution in [1.29, 1.82) is 0 Å². The molecule has 2 aliphatic heterocycles. The SMILES string of the molecule is CC1CNCCC12OC(=O)c1ccccc12. The van der Waals surface area contributed by atoms with Gasteiger partial charge in [0.15, 0.2) is 0 Å². The Kier molecular flexibility index (Phi) is 2.04. The molecule has 84 valence electrons. The molecule has 0 aliphatic carbocycles. The second kappa shape index (κ2) is 3.32. The highest BCUT2D eigenvalue weighted by atomic mass is 16.6. The van der Waals surface area contributed by atoms with Gasteiger partial charge in [-0.25, -0.2) is 4.79 Å². The zero-order valence-electron chi connectivity index (χ0n) is 9.32. The molecule has 1 N–H and O–H groups in total. The lowest BCUT2D eigenvalue weighted by atomic mass is 9.77. The smallest absolute Gasteiger partial charge is 0.339 e. The molecule has 0 bridgehead atoms. The summed E-state index contributed by atoms with van der Waals surface area (Å²) < 4.78 is 5.69. The first-order chi connectivity index (χ1) is 7.74. The first-order valence-electron chi connectivity index (χ1n) is 5.77. The number of nitrogens with one attached hydrogen (secondary N) is 1. The van der Waals surface area contributed by atoms with Crippen molar-refractivity contribution in [2.75, 3.05) is 13.1 Å². The molecule has 1 spiro atoms. The lowest BCUT2D eigenvalue weighted by molar-refractivity contribution is -0.0534. The van der Waals surface area contributed by atoms with E-state index in [0.29, 0.717) is 5.92 Å². The Morgan fingerprint density at radius 3 is 3.06 bits per heavy atom. The molecule has 2 unspecified atom stereocenters. The van der Waals surface area contributed by atoms with Crippen LogP contribution in [0, 0.1) is 5.92 Å². The Labute approximate surface area is 94.8 Å². The molecular formula is C13H15NO2. The first kappa shape index (κ1) is 9.85. The number of hydrogen-bond donors (Lipinski definition) is 1. The highest BCUT2D eigenvalue weighted by molar-refractivity contribution is 5.94. The number of rotatable bonds is 0. The minimum Gasteiger partial charge on any atom is -0.450 e. The van der Waals surface area contributed by atoms with Crippen LogP contribution < -0.4 is 5.32 Å². The molecule has 3 nitrogen and oxygen atoms in total. The maximum absolute atomic E-state index is 11.8. The van der Waals surface area contributed by atoms with Gasteiger partial charge in [-0.15, -0.1) is 0 Å². The number of ether oxygens (including phenoxy) is 1. The summed E-state index contributed by atoms with van der Waals surface area (Å²) >= 11 is 0. The number of esters is 1. The molecule has 2 heterocycles. The quantitative estimate of drug-likeness (QED) is 0.672. The van der Waals surface area contributed by atoms with Crippen LogP contribution >= 0.6 is 0 Å². The third-order valence-corrected chi connectivity index (χ3v) is 3.80. The van der Waals surface area contributed by atoms with E-state index in [2.05, 4.69) is 12.2 Å². The van der Waals surface area contributed by atoms with Crippen molar-refractivity contribution in [3.8, 4) is 0 Å². The first-order valence-corrected chi connectivity index (χ1v) is 5.77. The number of piperidine rings is 1. The fourth-order valence-corrected chi connectivity index (χ4v) is 2.86. The Hall–Kier alpha value is -1.35. The van der Waals surface area contributed by atoms with E-state index in [4.69, 9.17) is 4.74 Å². The van der Waals surface area contributed by atoms with Gasteiger partial charge in [0.2, 0.25) is 0 Å². The zero-order valence-corrected chi connectivity index (χ0v) is 9.32. The van der Waals surface area contributed by atoms with Gasteiger partial charge in [0.1, 0.15) is 5.60 Å². The second-order valence-corrected chi connectivity index (χ2v) is 4.68. The van der Waals surface area contributed by atoms with E-state index in [0.717, 1.165) is 30.6 Å². The van der Waals surface area contributed by atoms with Crippen molar-refractivity contribution in [3.63, 3.8) is 0 Å². The summed E-state index contributed by atoms with van der Waals surface area (Å²) in [5.41, 5.74) is 1.45. The van der Waals surface area contributed by atoms with Crippen molar-refractivity contribution in [2.45, 2.75) is 18.9 Å². The average molecular weight is 217 g/mol. The minimum absolute atomic E-state index is 0.163. The maximum atomic E-state index is 11.8. The van der Waals surface area contributed by atoms with Gasteiger partial charge in [0, 0.05) is 24.4 Å². The van der Waals surface area contributed by atoms with Crippen molar-refractivity contribution < 1.29 is 9.53 Å². The topological polar surface area (TPSA) is 38.3 Å². The summed E-state index contributed by atoms with van der Waals surface area (Å²) in [6.07, 6.45) is 0.872. The van der Waals surface area contributed by atoms with E-state index in [1.807, 2.05) is 24.3 Å². The van der Waals surface area contributed by atoms with Crippen LogP contribution in [0.15, 0.2) is 24.3 Å². The van der Waals surface area contributed by atoms with Crippen LogP contribution in [0.2, 0.25) is 0 Å². The molecule has 3 heteroatoms. The third-order valence-electron chi connectivity index (χ3n) is 3.80. The van der Waals surface area contributed by atoms with Crippen LogP contribution in [0.3, 0.4) is 0 Å². The largest absolute Gasteiger partial charge is 0.450 e. The molecule has 2 aliphatic rings. The highest BCUT2D eigenvalue weighted by Gasteiger charge is 2.49. The van der Waals surface area contributed by atoms with Crippen molar-refractivity contribution in [3.05, 3.63) is 35.4 Å². The van der Waals surface area contributed by atoms with E-state index in [-0.39, 0.29) is 11.6 Å². The molecule has 0 radical (unpaired) electrons. The molecule has 3 rings (SSSR count). The van der Waals surface area contributed by atoms with Gasteiger partial charge in [-0.2, -0.15) is 0 Å². The molecule has 2 atom stereocenters. The standard InChI is InChI=1S/C13H15NO2/c1-9-8-14-7-6-13(9)11-5-3-2-4-10(11)12(15)16-13/h2-5,9,14H,6-8H2,1H3. The molecular weight excluding hydrogens is 202 g/mol. The van der Waals surface area contributed by atoms with Crippen molar-refractivity contribution in [1.82, 2.24) is 5.32 Å². The second-order valence-electron chi connectivity index (χ2n) is 4.68. The van der Waals surface area contributed by atoms with Crippen molar-refractivity contribution in [2.24, 2.45) is 5.92 Å². The van der Waals surface area contributed by atoms with E-state index >= 15 is 0 Å². The lowest BCUT2D eigenvalue weighted by Gasteiger charge is -2.39. The van der Waals surface area contributed by atoms with Crippen LogP contribution in [0.1, 0.15) is 29.3 Å². The number of carbonyl (C=O) groups excluding carboxylic acids is 1. The van der Waals surface area contributed by atoms with Gasteiger partial charge >= 0.3 is 5.97 Å². The van der Waals surface area contributed by atoms with Crippen LogP contribution in [0.25, 0.3) is 0 Å². The number of carbonyl (C=O) groups is 1. The number of fused-ring (bicyclic) bond motifs is 2. The summed E-state index contributed by atoms with van der Waals surface area (Å²) in [6, 6.07) is 7.77. The summed E-state index contributed by atoms with van der Waals surface area (Å²) in [4.78, 5) is 11.8. The Balaban J connectivity index is 2.14. The Bertz CT molecular complexity index is 443. The fourth-order valence-electron chi connectivity index (χ4n) is 2.86. The summed E-state index contributed by atoms with van der Waals surface area (Å²) in [5.74, 6) is 0.165. The van der Waals surface area contributed by atoms with Crippen LogP contribution in [-0.2, 0) is 10.3 Å². The van der Waals surface area contributed by atoms with Gasteiger partial charge in [0.05, 0.1) is 5.56 Å². The Morgan fingerprint density at radius 2 is 2.25 bits per heavy atom. The van der Waals surface area contributed by atoms with Crippen molar-refractivity contribution >= 4 is 5.97 Å². The van der Waals surface area contributed by atoms with Crippen LogP contribution in [-0.4, -0.2) is 19.1 Å². The highest BCUT2D eigenvalue weighted by Crippen LogP contribution is 2.45. The predicted octanol–water partition coefficient (Wildman–Crippen LogP) is 1.68. The molecule has 0 saturated carbocycles. The monoisotopic (exact) mass is 217 g/mol. The van der Waals surface area contributed by atoms with Crippen LogP contribution in [0.5, 0.6) is 0 Å². The molecule has 16 heavy (non-hydrogen) atoms. The zero-order chi connectivity index (χ0) is 11.2. The fraction of sp³-hybridized carbons (Fsp3) is 0.462. The summed E-state index contributed by atoms with van der Waals surface area (Å²) in [5, 5.41) is 3.34. The lowest BCUT2D eigenvalue weighted by Crippen LogP contribution is -2.47. The third kappa shape index (κ3) is 1.15. The van der Waals surface area contributed by atoms with E-state index in [1.165, 1.54) is 0 Å². The summed E-state index contributed by atoms with van der Waals surface area (Å²) in [6.45, 7) is 3.95. The summed E-state index contributed by atoms with van der Waals surface area (Å²) in [7, 11) is 0. The minimum atomic E-state index is -0.376. The molecule has 1 saturated heterocycles. The van der Waals surface area contributed by atoms with E-state index in [9.17, 15) is 4.79 Å². The molecule has 0 aromatic heterocycles. The predicted molar refractivity (Wildman–Crippen MR) is 60.2 cm³/mol. The van der Waals surface area contributed by atoms with Gasteiger partial charge in [-0.1, -0.05) is 25.1 Å². The molecule has 1 aromatic carbocycles. The Morgan fingerprint density at radius 1 is 1.44 bits per heavy atom.